The predicted octanol–water partition coefficient (Wildman–Crippen LogP) is 1.20. The lowest BCUT2D eigenvalue weighted by Gasteiger charge is -2.26. The number of hydrogen-bond donors (Lipinski definition) is 2. The topological polar surface area (TPSA) is 149 Å². The molecule has 2 heterocycles. The highest BCUT2D eigenvalue weighted by Gasteiger charge is 2.55. The molecule has 9 nitrogen and oxygen atoms in total. The number of aromatic nitrogens is 1. The average molecular weight is 526 g/mol. The average Bonchev–Trinajstić information content (AvgIpc) is 3.12. The first-order chi connectivity index (χ1) is 15.2. The van der Waals surface area contributed by atoms with E-state index >= 15 is 0 Å². The molecule has 2 atom stereocenters. The number of aliphatic hydroxyl groups excluding tert-OH is 1. The van der Waals surface area contributed by atoms with Gasteiger partial charge >= 0.3 is 6.18 Å². The zero-order valence-corrected chi connectivity index (χ0v) is 18.7. The first-order valence-electron chi connectivity index (χ1n) is 8.97. The Morgan fingerprint density at radius 2 is 1.91 bits per heavy atom. The summed E-state index contributed by atoms with van der Waals surface area (Å²) >= 11 is 5.77. The second-order valence-corrected chi connectivity index (χ2v) is 11.7. The number of pyridine rings is 1. The zero-order valence-electron chi connectivity index (χ0n) is 16.4. The van der Waals surface area contributed by atoms with E-state index in [4.69, 9.17) is 11.6 Å². The van der Waals surface area contributed by atoms with Gasteiger partial charge in [0.25, 0.3) is 0 Å². The van der Waals surface area contributed by atoms with Gasteiger partial charge in [-0.3, -0.25) is 4.98 Å². The molecule has 1 fully saturated rings. The molecule has 0 saturated carbocycles. The summed E-state index contributed by atoms with van der Waals surface area (Å²) in [5, 5.41) is 27.8. The maximum Gasteiger partial charge on any atom is 0.433 e. The largest absolute Gasteiger partial charge is 0.433 e. The van der Waals surface area contributed by atoms with Crippen LogP contribution in [0.25, 0.3) is 0 Å². The molecule has 1 saturated heterocycles. The fourth-order valence-electron chi connectivity index (χ4n) is 3.38. The van der Waals surface area contributed by atoms with Crippen molar-refractivity contribution in [1.82, 2.24) is 9.29 Å². The van der Waals surface area contributed by atoms with Gasteiger partial charge in [-0.25, -0.2) is 16.8 Å². The van der Waals surface area contributed by atoms with Crippen molar-refractivity contribution in [1.29, 1.82) is 5.26 Å². The standard InChI is InChI=1S/C18H15ClF3N3O6S2/c19-12-1-3-14(11(5-12)6-23)33(30,31)25-8-16(17(27,9-25)10-26)32(28,29)13-2-4-15(24-7-13)18(20,21)22/h1-5,7,16,26-27H,8-10H2/t16-,17+/m0/s1. The number of sulfonamides is 1. The van der Waals surface area contributed by atoms with E-state index in [1.54, 1.807) is 6.07 Å². The minimum Gasteiger partial charge on any atom is -0.393 e. The third kappa shape index (κ3) is 4.57. The van der Waals surface area contributed by atoms with Crippen LogP contribution in [0.4, 0.5) is 13.2 Å². The second kappa shape index (κ2) is 8.49. The number of benzene rings is 1. The van der Waals surface area contributed by atoms with Gasteiger partial charge in [0.2, 0.25) is 10.0 Å². The smallest absolute Gasteiger partial charge is 0.393 e. The number of nitrogens with zero attached hydrogens (tertiary/aromatic N) is 3. The second-order valence-electron chi connectivity index (χ2n) is 7.22. The molecule has 0 bridgehead atoms. The molecule has 33 heavy (non-hydrogen) atoms. The van der Waals surface area contributed by atoms with Crippen LogP contribution >= 0.6 is 11.6 Å². The molecule has 2 N–H and O–H groups in total. The number of hydrogen-bond acceptors (Lipinski definition) is 8. The van der Waals surface area contributed by atoms with E-state index in [2.05, 4.69) is 4.98 Å². The molecule has 3 rings (SSSR count). The van der Waals surface area contributed by atoms with Crippen LogP contribution in [0.5, 0.6) is 0 Å². The Morgan fingerprint density at radius 1 is 1.24 bits per heavy atom. The predicted molar refractivity (Wildman–Crippen MR) is 107 cm³/mol. The number of rotatable bonds is 5. The first-order valence-corrected chi connectivity index (χ1v) is 12.3. The highest BCUT2D eigenvalue weighted by Crippen LogP contribution is 2.36. The fraction of sp³-hybridized carbons (Fsp3) is 0.333. The van der Waals surface area contributed by atoms with E-state index in [1.165, 1.54) is 6.07 Å². The summed E-state index contributed by atoms with van der Waals surface area (Å²) in [6, 6.07) is 6.05. The molecular formula is C18H15ClF3N3O6S2. The van der Waals surface area contributed by atoms with Gasteiger partial charge < -0.3 is 10.2 Å². The molecule has 15 heteroatoms. The van der Waals surface area contributed by atoms with Crippen molar-refractivity contribution in [2.45, 2.75) is 26.8 Å². The van der Waals surface area contributed by atoms with Crippen molar-refractivity contribution < 1.29 is 40.2 Å². The molecule has 0 unspecified atom stereocenters. The minimum absolute atomic E-state index is 0.0778. The van der Waals surface area contributed by atoms with Crippen molar-refractivity contribution >= 4 is 31.5 Å². The lowest BCUT2D eigenvalue weighted by Crippen LogP contribution is -2.49. The van der Waals surface area contributed by atoms with Gasteiger partial charge in [0, 0.05) is 24.3 Å². The third-order valence-electron chi connectivity index (χ3n) is 5.10. The number of halogens is 4. The Hall–Kier alpha value is -2.28. The van der Waals surface area contributed by atoms with E-state index in [1.807, 2.05) is 0 Å². The minimum atomic E-state index is -4.82. The molecule has 0 amide bonds. The molecular weight excluding hydrogens is 511 g/mol. The molecule has 0 radical (unpaired) electrons. The van der Waals surface area contributed by atoms with Crippen LogP contribution in [-0.4, -0.2) is 66.9 Å². The number of β-amino-alcohol motifs (C(OH)–C–C–N with tert-alkyl or cyclic N) is 1. The summed E-state index contributed by atoms with van der Waals surface area (Å²) in [6.07, 6.45) is -4.37. The lowest BCUT2D eigenvalue weighted by atomic mass is 10.1. The van der Waals surface area contributed by atoms with E-state index in [0.29, 0.717) is 22.6 Å². The molecule has 1 aliphatic rings. The van der Waals surface area contributed by atoms with Gasteiger partial charge in [0.05, 0.1) is 17.1 Å². The Morgan fingerprint density at radius 3 is 2.42 bits per heavy atom. The van der Waals surface area contributed by atoms with Crippen LogP contribution in [0.1, 0.15) is 11.3 Å². The Kier molecular flexibility index (Phi) is 6.52. The van der Waals surface area contributed by atoms with E-state index in [0.717, 1.165) is 12.1 Å². The molecule has 0 spiro atoms. The van der Waals surface area contributed by atoms with Crippen LogP contribution in [0, 0.1) is 11.3 Å². The van der Waals surface area contributed by atoms with Gasteiger partial charge in [0.1, 0.15) is 27.5 Å². The summed E-state index contributed by atoms with van der Waals surface area (Å²) in [5.74, 6) is 0. The van der Waals surface area contributed by atoms with Crippen molar-refractivity contribution in [3.8, 4) is 6.07 Å². The normalized spacial score (nSPS) is 22.3. The lowest BCUT2D eigenvalue weighted by molar-refractivity contribution is -0.141. The Balaban J connectivity index is 2.02. The fourth-order valence-corrected chi connectivity index (χ4v) is 7.18. The maximum atomic E-state index is 13.1. The monoisotopic (exact) mass is 525 g/mol. The van der Waals surface area contributed by atoms with Crippen LogP contribution in [0.15, 0.2) is 46.3 Å². The number of alkyl halides is 3. The SMILES string of the molecule is N#Cc1cc(Cl)ccc1S(=O)(=O)N1C[C@H](S(=O)(=O)c2ccc(C(F)(F)F)nc2)[C@](O)(CO)C1. The molecule has 0 aliphatic carbocycles. The first kappa shape index (κ1) is 25.3. The van der Waals surface area contributed by atoms with Crippen molar-refractivity contribution in [2.75, 3.05) is 19.7 Å². The van der Waals surface area contributed by atoms with Crippen LogP contribution in [-0.2, 0) is 26.0 Å². The van der Waals surface area contributed by atoms with Crippen molar-refractivity contribution in [2.24, 2.45) is 0 Å². The summed E-state index contributed by atoms with van der Waals surface area (Å²) < 4.78 is 91.1. The van der Waals surface area contributed by atoms with Gasteiger partial charge in [0.15, 0.2) is 9.84 Å². The molecule has 2 aromatic rings. The van der Waals surface area contributed by atoms with Gasteiger partial charge in [-0.05, 0) is 30.3 Å². The number of sulfone groups is 1. The molecule has 1 aromatic heterocycles. The highest BCUT2D eigenvalue weighted by molar-refractivity contribution is 7.92. The summed E-state index contributed by atoms with van der Waals surface area (Å²) in [5.41, 5.74) is -4.15. The van der Waals surface area contributed by atoms with Crippen LogP contribution in [0.3, 0.4) is 0 Å². The summed E-state index contributed by atoms with van der Waals surface area (Å²) in [6.45, 7) is -2.85. The summed E-state index contributed by atoms with van der Waals surface area (Å²) in [4.78, 5) is 1.88. The maximum absolute atomic E-state index is 13.1. The Bertz CT molecular complexity index is 1330. The molecule has 1 aliphatic heterocycles. The van der Waals surface area contributed by atoms with E-state index < -0.39 is 72.1 Å². The van der Waals surface area contributed by atoms with Gasteiger partial charge in [-0.1, -0.05) is 11.6 Å². The van der Waals surface area contributed by atoms with E-state index in [-0.39, 0.29) is 10.6 Å². The van der Waals surface area contributed by atoms with Crippen molar-refractivity contribution in [3.63, 3.8) is 0 Å². The third-order valence-corrected chi connectivity index (χ3v) is 9.44. The number of nitriles is 1. The zero-order chi connectivity index (χ0) is 24.8. The van der Waals surface area contributed by atoms with Crippen LogP contribution < -0.4 is 0 Å². The highest BCUT2D eigenvalue weighted by atomic mass is 35.5. The van der Waals surface area contributed by atoms with Crippen molar-refractivity contribution in [3.05, 3.63) is 52.8 Å². The van der Waals surface area contributed by atoms with Crippen LogP contribution in [0.2, 0.25) is 5.02 Å². The summed E-state index contributed by atoms with van der Waals surface area (Å²) in [7, 11) is -9.18. The Labute approximate surface area is 191 Å². The van der Waals surface area contributed by atoms with Gasteiger partial charge in [-0.15, -0.1) is 0 Å². The molecule has 178 valence electrons. The van der Waals surface area contributed by atoms with Gasteiger partial charge in [-0.2, -0.15) is 22.7 Å². The quantitative estimate of drug-likeness (QED) is 0.591. The molecule has 1 aromatic carbocycles. The number of aliphatic hydroxyl groups is 2. The van der Waals surface area contributed by atoms with E-state index in [9.17, 15) is 45.5 Å².